The third-order valence-corrected chi connectivity index (χ3v) is 2.54. The van der Waals surface area contributed by atoms with Crippen LogP contribution in [-0.4, -0.2) is 9.78 Å². The van der Waals surface area contributed by atoms with Crippen LogP contribution in [0.15, 0.2) is 6.07 Å². The summed E-state index contributed by atoms with van der Waals surface area (Å²) in [5, 5.41) is 4.30. The summed E-state index contributed by atoms with van der Waals surface area (Å²) in [6, 6.07) is 2.23. The van der Waals surface area contributed by atoms with Crippen molar-refractivity contribution < 1.29 is 0 Å². The highest BCUT2D eigenvalue weighted by atomic mass is 15.3. The molecule has 0 aliphatic heterocycles. The lowest BCUT2D eigenvalue weighted by Crippen LogP contribution is -2.14. The number of aryl methyl sites for hydroxylation is 2. The minimum atomic E-state index is 0.146. The number of rotatable bonds is 5. The molecule has 1 heterocycles. The Balaban J connectivity index is 2.51. The van der Waals surface area contributed by atoms with Gasteiger partial charge in [-0.3, -0.25) is 4.68 Å². The van der Waals surface area contributed by atoms with Crippen molar-refractivity contribution in [1.82, 2.24) is 9.78 Å². The summed E-state index contributed by atoms with van der Waals surface area (Å²) < 4.78 is 1.89. The molecule has 0 amide bonds. The Bertz CT molecular complexity index is 278. The predicted octanol–water partition coefficient (Wildman–Crippen LogP) is 2.31. The van der Waals surface area contributed by atoms with Crippen LogP contribution in [0.2, 0.25) is 0 Å². The molecule has 1 rings (SSSR count). The summed E-state index contributed by atoms with van der Waals surface area (Å²) in [5.74, 6) is 0. The summed E-state index contributed by atoms with van der Waals surface area (Å²) in [4.78, 5) is 0. The number of hydrogen-bond donors (Lipinski definition) is 1. The highest BCUT2D eigenvalue weighted by molar-refractivity contribution is 5.12. The van der Waals surface area contributed by atoms with Crippen LogP contribution in [-0.2, 0) is 7.05 Å². The van der Waals surface area contributed by atoms with Crippen LogP contribution in [0.1, 0.15) is 50.0 Å². The van der Waals surface area contributed by atoms with Crippen LogP contribution < -0.4 is 5.73 Å². The van der Waals surface area contributed by atoms with E-state index in [4.69, 9.17) is 5.73 Å². The van der Waals surface area contributed by atoms with Crippen molar-refractivity contribution in [3.05, 3.63) is 17.5 Å². The fourth-order valence-electron chi connectivity index (χ4n) is 1.74. The van der Waals surface area contributed by atoms with Gasteiger partial charge in [0, 0.05) is 13.1 Å². The number of nitrogens with two attached hydrogens (primary N) is 1. The van der Waals surface area contributed by atoms with Crippen molar-refractivity contribution in [2.75, 3.05) is 0 Å². The molecule has 3 nitrogen and oxygen atoms in total. The second kappa shape index (κ2) is 5.15. The van der Waals surface area contributed by atoms with Gasteiger partial charge in [-0.15, -0.1) is 0 Å². The zero-order valence-corrected chi connectivity index (χ0v) is 9.45. The third-order valence-electron chi connectivity index (χ3n) is 2.54. The van der Waals surface area contributed by atoms with E-state index in [2.05, 4.69) is 18.1 Å². The molecule has 0 saturated carbocycles. The maximum Gasteiger partial charge on any atom is 0.0597 e. The first-order chi connectivity index (χ1) is 6.65. The highest BCUT2D eigenvalue weighted by Crippen LogP contribution is 2.17. The van der Waals surface area contributed by atoms with Crippen LogP contribution in [0, 0.1) is 6.92 Å². The van der Waals surface area contributed by atoms with Gasteiger partial charge in [0.15, 0.2) is 0 Å². The van der Waals surface area contributed by atoms with E-state index in [0.29, 0.717) is 0 Å². The maximum atomic E-state index is 6.09. The van der Waals surface area contributed by atoms with E-state index >= 15 is 0 Å². The van der Waals surface area contributed by atoms with Crippen molar-refractivity contribution in [1.29, 1.82) is 0 Å². The van der Waals surface area contributed by atoms with Crippen LogP contribution in [0.25, 0.3) is 0 Å². The number of unbranched alkanes of at least 4 members (excludes halogenated alkanes) is 2. The van der Waals surface area contributed by atoms with Gasteiger partial charge >= 0.3 is 0 Å². The smallest absolute Gasteiger partial charge is 0.0597 e. The molecule has 0 aliphatic carbocycles. The zero-order valence-electron chi connectivity index (χ0n) is 9.45. The summed E-state index contributed by atoms with van der Waals surface area (Å²) >= 11 is 0. The Morgan fingerprint density at radius 3 is 2.71 bits per heavy atom. The Morgan fingerprint density at radius 1 is 1.50 bits per heavy atom. The molecule has 0 fully saturated rings. The normalized spacial score (nSPS) is 13.1. The van der Waals surface area contributed by atoms with E-state index < -0.39 is 0 Å². The van der Waals surface area contributed by atoms with E-state index in [0.717, 1.165) is 17.8 Å². The molecule has 0 radical (unpaired) electrons. The van der Waals surface area contributed by atoms with Crippen molar-refractivity contribution >= 4 is 0 Å². The monoisotopic (exact) mass is 195 g/mol. The second-order valence-corrected chi connectivity index (χ2v) is 3.94. The van der Waals surface area contributed by atoms with E-state index in [9.17, 15) is 0 Å². The summed E-state index contributed by atoms with van der Waals surface area (Å²) in [6.07, 6.45) is 4.79. The standard InChI is InChI=1S/C11H21N3/c1-4-5-6-7-10(12)11-8-9(2)13-14(11)3/h8,10H,4-7,12H2,1-3H3. The van der Waals surface area contributed by atoms with Crippen molar-refractivity contribution in [3.63, 3.8) is 0 Å². The second-order valence-electron chi connectivity index (χ2n) is 3.94. The largest absolute Gasteiger partial charge is 0.323 e. The maximum absolute atomic E-state index is 6.09. The molecular weight excluding hydrogens is 174 g/mol. The van der Waals surface area contributed by atoms with Gasteiger partial charge in [0.1, 0.15) is 0 Å². The molecule has 1 aromatic rings. The third kappa shape index (κ3) is 2.84. The first-order valence-corrected chi connectivity index (χ1v) is 5.41. The van der Waals surface area contributed by atoms with E-state index in [1.54, 1.807) is 0 Å². The lowest BCUT2D eigenvalue weighted by molar-refractivity contribution is 0.542. The lowest BCUT2D eigenvalue weighted by Gasteiger charge is -2.11. The summed E-state index contributed by atoms with van der Waals surface area (Å²) in [7, 11) is 1.96. The molecule has 0 saturated heterocycles. The predicted molar refractivity (Wildman–Crippen MR) is 59.0 cm³/mol. The Labute approximate surface area is 86.3 Å². The molecule has 0 aliphatic rings. The number of aromatic nitrogens is 2. The van der Waals surface area contributed by atoms with E-state index in [1.807, 2.05) is 18.7 Å². The van der Waals surface area contributed by atoms with Gasteiger partial charge in [-0.2, -0.15) is 5.10 Å². The fraction of sp³-hybridized carbons (Fsp3) is 0.727. The van der Waals surface area contributed by atoms with Gasteiger partial charge in [-0.25, -0.2) is 0 Å². The fourth-order valence-corrected chi connectivity index (χ4v) is 1.74. The zero-order chi connectivity index (χ0) is 10.6. The Kier molecular flexibility index (Phi) is 4.14. The van der Waals surface area contributed by atoms with E-state index in [-0.39, 0.29) is 6.04 Å². The quantitative estimate of drug-likeness (QED) is 0.733. The molecular formula is C11H21N3. The van der Waals surface area contributed by atoms with Crippen LogP contribution in [0.4, 0.5) is 0 Å². The minimum absolute atomic E-state index is 0.146. The highest BCUT2D eigenvalue weighted by Gasteiger charge is 2.10. The van der Waals surface area contributed by atoms with Crippen molar-refractivity contribution in [3.8, 4) is 0 Å². The molecule has 2 N–H and O–H groups in total. The van der Waals surface area contributed by atoms with Gasteiger partial charge in [-0.05, 0) is 19.4 Å². The molecule has 14 heavy (non-hydrogen) atoms. The molecule has 3 heteroatoms. The molecule has 1 unspecified atom stereocenters. The van der Waals surface area contributed by atoms with Gasteiger partial charge in [0.05, 0.1) is 11.4 Å². The summed E-state index contributed by atoms with van der Waals surface area (Å²) in [5.41, 5.74) is 8.29. The topological polar surface area (TPSA) is 43.8 Å². The molecule has 0 bridgehead atoms. The molecule has 1 atom stereocenters. The average molecular weight is 195 g/mol. The first kappa shape index (κ1) is 11.2. The average Bonchev–Trinajstić information content (AvgIpc) is 2.45. The van der Waals surface area contributed by atoms with Crippen molar-refractivity contribution in [2.24, 2.45) is 12.8 Å². The number of hydrogen-bond acceptors (Lipinski definition) is 2. The van der Waals surface area contributed by atoms with Gasteiger partial charge in [0.2, 0.25) is 0 Å². The minimum Gasteiger partial charge on any atom is -0.323 e. The number of nitrogens with zero attached hydrogens (tertiary/aromatic N) is 2. The Hall–Kier alpha value is -0.830. The van der Waals surface area contributed by atoms with E-state index in [1.165, 1.54) is 19.3 Å². The van der Waals surface area contributed by atoms with Crippen LogP contribution in [0.5, 0.6) is 0 Å². The van der Waals surface area contributed by atoms with Gasteiger partial charge in [0.25, 0.3) is 0 Å². The molecule has 0 spiro atoms. The SMILES string of the molecule is CCCCCC(N)c1cc(C)nn1C. The van der Waals surface area contributed by atoms with Crippen LogP contribution in [0.3, 0.4) is 0 Å². The Morgan fingerprint density at radius 2 is 2.21 bits per heavy atom. The first-order valence-electron chi connectivity index (χ1n) is 5.41. The lowest BCUT2D eigenvalue weighted by atomic mass is 10.1. The van der Waals surface area contributed by atoms with Gasteiger partial charge < -0.3 is 5.73 Å². The van der Waals surface area contributed by atoms with Crippen molar-refractivity contribution in [2.45, 2.75) is 45.6 Å². The molecule has 80 valence electrons. The summed E-state index contributed by atoms with van der Waals surface area (Å²) in [6.45, 7) is 4.21. The van der Waals surface area contributed by atoms with Gasteiger partial charge in [-0.1, -0.05) is 26.2 Å². The molecule has 1 aromatic heterocycles. The van der Waals surface area contributed by atoms with Crippen LogP contribution >= 0.6 is 0 Å². The molecule has 0 aromatic carbocycles.